The maximum Gasteiger partial charge on any atom is 0.405 e. The molecule has 0 fully saturated rings. The van der Waals surface area contributed by atoms with E-state index in [1.54, 1.807) is 36.4 Å². The Morgan fingerprint density at radius 3 is 2.43 bits per heavy atom. The number of nitrogens with one attached hydrogen (secondary N) is 1. The van der Waals surface area contributed by atoms with Crippen LogP contribution >= 0.6 is 11.6 Å². The van der Waals surface area contributed by atoms with Gasteiger partial charge in [-0.3, -0.25) is 4.79 Å². The summed E-state index contributed by atoms with van der Waals surface area (Å²) >= 11 is 6.01. The number of carbonyl (C=O) groups is 1. The van der Waals surface area contributed by atoms with Crippen molar-refractivity contribution in [1.29, 1.82) is 0 Å². The fourth-order valence-electron chi connectivity index (χ4n) is 1.83. The van der Waals surface area contributed by atoms with Crippen LogP contribution in [-0.4, -0.2) is 18.6 Å². The number of hydrogen-bond donors (Lipinski definition) is 1. The molecule has 122 valence electrons. The Balaban J connectivity index is 2.08. The third-order valence-electron chi connectivity index (χ3n) is 2.92. The first-order chi connectivity index (χ1) is 10.9. The zero-order valence-corrected chi connectivity index (χ0v) is 12.6. The molecule has 3 nitrogen and oxygen atoms in total. The zero-order chi connectivity index (χ0) is 16.9. The fourth-order valence-corrected chi connectivity index (χ4v) is 2.02. The van der Waals surface area contributed by atoms with Gasteiger partial charge in [-0.2, -0.15) is 13.2 Å². The summed E-state index contributed by atoms with van der Waals surface area (Å²) in [6.07, 6.45) is -4.47. The van der Waals surface area contributed by atoms with E-state index in [1.807, 2.05) is 5.32 Å². The van der Waals surface area contributed by atoms with Gasteiger partial charge in [-0.1, -0.05) is 41.9 Å². The van der Waals surface area contributed by atoms with E-state index in [9.17, 15) is 18.0 Å². The van der Waals surface area contributed by atoms with Crippen LogP contribution in [0.1, 0.15) is 15.9 Å². The number of hydrogen-bond acceptors (Lipinski definition) is 2. The molecular formula is C16H13ClF3NO2. The van der Waals surface area contributed by atoms with Crippen molar-refractivity contribution >= 4 is 17.5 Å². The molecule has 0 unspecified atom stereocenters. The molecule has 0 aliphatic heterocycles. The van der Waals surface area contributed by atoms with Gasteiger partial charge in [-0.25, -0.2) is 0 Å². The average Bonchev–Trinajstić information content (AvgIpc) is 2.51. The molecule has 0 aromatic heterocycles. The lowest BCUT2D eigenvalue weighted by atomic mass is 10.2. The van der Waals surface area contributed by atoms with E-state index in [0.717, 1.165) is 0 Å². The van der Waals surface area contributed by atoms with E-state index in [2.05, 4.69) is 0 Å². The van der Waals surface area contributed by atoms with Crippen LogP contribution in [0.15, 0.2) is 48.5 Å². The van der Waals surface area contributed by atoms with Gasteiger partial charge in [-0.05, 0) is 18.2 Å². The van der Waals surface area contributed by atoms with Crippen molar-refractivity contribution in [3.8, 4) is 5.75 Å². The molecule has 2 rings (SSSR count). The number of amides is 1. The van der Waals surface area contributed by atoms with Crippen molar-refractivity contribution in [2.45, 2.75) is 12.8 Å². The zero-order valence-electron chi connectivity index (χ0n) is 11.9. The van der Waals surface area contributed by atoms with Gasteiger partial charge in [-0.15, -0.1) is 0 Å². The van der Waals surface area contributed by atoms with Gasteiger partial charge in [0.1, 0.15) is 18.9 Å². The lowest BCUT2D eigenvalue weighted by Gasteiger charge is -2.13. The molecule has 0 bridgehead atoms. The topological polar surface area (TPSA) is 38.3 Å². The first kappa shape index (κ1) is 17.1. The Morgan fingerprint density at radius 2 is 1.74 bits per heavy atom. The van der Waals surface area contributed by atoms with E-state index in [4.69, 9.17) is 16.3 Å². The predicted octanol–water partition coefficient (Wildman–Crippen LogP) is 4.21. The molecule has 0 saturated heterocycles. The Labute approximate surface area is 136 Å². The molecule has 0 heterocycles. The molecule has 0 atom stereocenters. The molecule has 2 aromatic rings. The van der Waals surface area contributed by atoms with Crippen LogP contribution in [0.3, 0.4) is 0 Å². The second-order valence-electron chi connectivity index (χ2n) is 4.67. The SMILES string of the molecule is O=C(NCC(F)(F)F)c1ccccc1OCc1ccccc1Cl. The Bertz CT molecular complexity index is 689. The third kappa shape index (κ3) is 5.17. The van der Waals surface area contributed by atoms with Gasteiger partial charge in [0.2, 0.25) is 0 Å². The Morgan fingerprint density at radius 1 is 1.09 bits per heavy atom. The van der Waals surface area contributed by atoms with E-state index in [0.29, 0.717) is 10.6 Å². The van der Waals surface area contributed by atoms with E-state index >= 15 is 0 Å². The van der Waals surface area contributed by atoms with E-state index in [1.165, 1.54) is 12.1 Å². The minimum atomic E-state index is -4.47. The highest BCUT2D eigenvalue weighted by molar-refractivity contribution is 6.31. The van der Waals surface area contributed by atoms with Crippen LogP contribution in [0.4, 0.5) is 13.2 Å². The molecular weight excluding hydrogens is 331 g/mol. The molecule has 23 heavy (non-hydrogen) atoms. The Hall–Kier alpha value is -2.21. The number of para-hydroxylation sites is 1. The van der Waals surface area contributed by atoms with Crippen LogP contribution < -0.4 is 10.1 Å². The molecule has 7 heteroatoms. The van der Waals surface area contributed by atoms with Crippen molar-refractivity contribution in [3.05, 3.63) is 64.7 Å². The molecule has 1 amide bonds. The monoisotopic (exact) mass is 343 g/mol. The summed E-state index contributed by atoms with van der Waals surface area (Å²) in [6, 6.07) is 13.1. The summed E-state index contributed by atoms with van der Waals surface area (Å²) in [6.45, 7) is -1.30. The van der Waals surface area contributed by atoms with Crippen LogP contribution in [-0.2, 0) is 6.61 Å². The maximum absolute atomic E-state index is 12.2. The number of ether oxygens (including phenoxy) is 1. The molecule has 0 radical (unpaired) electrons. The summed E-state index contributed by atoms with van der Waals surface area (Å²) in [5.74, 6) is -0.663. The van der Waals surface area contributed by atoms with Crippen molar-refractivity contribution in [2.24, 2.45) is 0 Å². The first-order valence-corrected chi connectivity index (χ1v) is 7.05. The summed E-state index contributed by atoms with van der Waals surface area (Å²) < 4.78 is 42.1. The summed E-state index contributed by atoms with van der Waals surface area (Å²) in [5.41, 5.74) is 0.739. The number of rotatable bonds is 5. The number of carbonyl (C=O) groups excluding carboxylic acids is 1. The van der Waals surface area contributed by atoms with Crippen molar-refractivity contribution in [1.82, 2.24) is 5.32 Å². The van der Waals surface area contributed by atoms with Gasteiger partial charge >= 0.3 is 6.18 Å². The Kier molecular flexibility index (Phi) is 5.50. The van der Waals surface area contributed by atoms with Crippen LogP contribution in [0, 0.1) is 0 Å². The summed E-state index contributed by atoms with van der Waals surface area (Å²) in [5, 5.41) is 2.32. The van der Waals surface area contributed by atoms with Crippen LogP contribution in [0.2, 0.25) is 5.02 Å². The predicted molar refractivity (Wildman–Crippen MR) is 80.6 cm³/mol. The highest BCUT2D eigenvalue weighted by Gasteiger charge is 2.28. The highest BCUT2D eigenvalue weighted by Crippen LogP contribution is 2.22. The second kappa shape index (κ2) is 7.37. The lowest BCUT2D eigenvalue weighted by Crippen LogP contribution is -2.33. The van der Waals surface area contributed by atoms with Crippen LogP contribution in [0.25, 0.3) is 0 Å². The van der Waals surface area contributed by atoms with Gasteiger partial charge in [0, 0.05) is 10.6 Å². The number of alkyl halides is 3. The molecule has 1 N–H and O–H groups in total. The second-order valence-corrected chi connectivity index (χ2v) is 5.08. The minimum Gasteiger partial charge on any atom is -0.488 e. The molecule has 0 aliphatic rings. The van der Waals surface area contributed by atoms with Crippen molar-refractivity contribution in [2.75, 3.05) is 6.54 Å². The minimum absolute atomic E-state index is 0.0313. The summed E-state index contributed by atoms with van der Waals surface area (Å²) in [4.78, 5) is 11.9. The standard InChI is InChI=1S/C16H13ClF3NO2/c17-13-7-3-1-5-11(13)9-23-14-8-4-2-6-12(14)15(22)21-10-16(18,19)20/h1-8H,9-10H2,(H,21,22). The van der Waals surface area contributed by atoms with Crippen LogP contribution in [0.5, 0.6) is 5.75 Å². The largest absolute Gasteiger partial charge is 0.488 e. The van der Waals surface area contributed by atoms with E-state index in [-0.39, 0.29) is 17.9 Å². The van der Waals surface area contributed by atoms with Gasteiger partial charge in [0.05, 0.1) is 5.56 Å². The molecule has 2 aromatic carbocycles. The van der Waals surface area contributed by atoms with E-state index < -0.39 is 18.6 Å². The smallest absolute Gasteiger partial charge is 0.405 e. The maximum atomic E-state index is 12.2. The molecule has 0 spiro atoms. The van der Waals surface area contributed by atoms with Gasteiger partial charge in [0.15, 0.2) is 0 Å². The first-order valence-electron chi connectivity index (χ1n) is 6.67. The third-order valence-corrected chi connectivity index (χ3v) is 3.29. The summed E-state index contributed by atoms with van der Waals surface area (Å²) in [7, 11) is 0. The number of benzene rings is 2. The lowest BCUT2D eigenvalue weighted by molar-refractivity contribution is -0.123. The quantitative estimate of drug-likeness (QED) is 0.883. The highest BCUT2D eigenvalue weighted by atomic mass is 35.5. The average molecular weight is 344 g/mol. The fraction of sp³-hybridized carbons (Fsp3) is 0.188. The molecule has 0 saturated carbocycles. The van der Waals surface area contributed by atoms with Gasteiger partial charge in [0.25, 0.3) is 5.91 Å². The van der Waals surface area contributed by atoms with Gasteiger partial charge < -0.3 is 10.1 Å². The van der Waals surface area contributed by atoms with Crippen molar-refractivity contribution in [3.63, 3.8) is 0 Å². The normalized spacial score (nSPS) is 11.1. The molecule has 0 aliphatic carbocycles. The number of halogens is 4. The van der Waals surface area contributed by atoms with Crippen molar-refractivity contribution < 1.29 is 22.7 Å².